The standard InChI is InChI=1S/C13H10N2O4/c16-9-5-10(17)14-12(18)11(9)15-6-7-3-1-2-4-8(7)13(15)19/h1-4,11H,5-6H2,(H,14,17,18)/t11-/m1/s1. The summed E-state index contributed by atoms with van der Waals surface area (Å²) in [6.07, 6.45) is -0.365. The van der Waals surface area contributed by atoms with Crippen LogP contribution in [0.5, 0.6) is 0 Å². The van der Waals surface area contributed by atoms with Crippen molar-refractivity contribution in [3.63, 3.8) is 0 Å². The minimum Gasteiger partial charge on any atom is -0.316 e. The van der Waals surface area contributed by atoms with Crippen LogP contribution in [0.4, 0.5) is 0 Å². The van der Waals surface area contributed by atoms with Gasteiger partial charge in [0.15, 0.2) is 11.8 Å². The van der Waals surface area contributed by atoms with E-state index >= 15 is 0 Å². The maximum atomic E-state index is 12.2. The van der Waals surface area contributed by atoms with Crippen LogP contribution in [-0.2, 0) is 20.9 Å². The Morgan fingerprint density at radius 2 is 1.84 bits per heavy atom. The zero-order chi connectivity index (χ0) is 13.6. The molecule has 3 rings (SSSR count). The van der Waals surface area contributed by atoms with Gasteiger partial charge in [-0.15, -0.1) is 0 Å². The Bertz CT molecular complexity index is 603. The number of ketones is 1. The lowest BCUT2D eigenvalue weighted by Crippen LogP contribution is -2.57. The summed E-state index contributed by atoms with van der Waals surface area (Å²) in [4.78, 5) is 48.1. The van der Waals surface area contributed by atoms with Gasteiger partial charge in [-0.2, -0.15) is 0 Å². The number of piperidine rings is 1. The maximum absolute atomic E-state index is 12.2. The highest BCUT2D eigenvalue weighted by Gasteiger charge is 2.43. The SMILES string of the molecule is O=C1CC(=O)[C@@H](N2Cc3ccccc3C2=O)C(=O)N1. The number of nitrogens with one attached hydrogen (secondary N) is 1. The number of amides is 3. The average Bonchev–Trinajstić information content (AvgIpc) is 2.66. The predicted octanol–water partition coefficient (Wildman–Crippen LogP) is -0.373. The molecule has 1 aromatic carbocycles. The third-order valence-electron chi connectivity index (χ3n) is 3.31. The molecule has 96 valence electrons. The van der Waals surface area contributed by atoms with Gasteiger partial charge in [0.25, 0.3) is 11.8 Å². The molecule has 0 aliphatic carbocycles. The van der Waals surface area contributed by atoms with Gasteiger partial charge in [-0.1, -0.05) is 18.2 Å². The number of nitrogens with zero attached hydrogens (tertiary/aromatic N) is 1. The summed E-state index contributed by atoms with van der Waals surface area (Å²) in [7, 11) is 0. The van der Waals surface area contributed by atoms with Crippen molar-refractivity contribution < 1.29 is 19.2 Å². The third kappa shape index (κ3) is 1.72. The van der Waals surface area contributed by atoms with Crippen LogP contribution in [0.1, 0.15) is 22.3 Å². The summed E-state index contributed by atoms with van der Waals surface area (Å²) in [5, 5.41) is 2.09. The third-order valence-corrected chi connectivity index (χ3v) is 3.31. The van der Waals surface area contributed by atoms with E-state index < -0.39 is 23.6 Å². The van der Waals surface area contributed by atoms with Gasteiger partial charge >= 0.3 is 0 Å². The van der Waals surface area contributed by atoms with Gasteiger partial charge in [-0.3, -0.25) is 24.5 Å². The zero-order valence-electron chi connectivity index (χ0n) is 9.88. The molecule has 3 amide bonds. The fourth-order valence-corrected chi connectivity index (χ4v) is 2.45. The van der Waals surface area contributed by atoms with E-state index in [9.17, 15) is 19.2 Å². The first-order valence-corrected chi connectivity index (χ1v) is 5.83. The summed E-state index contributed by atoms with van der Waals surface area (Å²) >= 11 is 0. The van der Waals surface area contributed by atoms with Crippen LogP contribution in [0.25, 0.3) is 0 Å². The fourth-order valence-electron chi connectivity index (χ4n) is 2.45. The number of benzene rings is 1. The lowest BCUT2D eigenvalue weighted by Gasteiger charge is -2.28. The fraction of sp³-hybridized carbons (Fsp3) is 0.231. The highest BCUT2D eigenvalue weighted by atomic mass is 16.2. The van der Waals surface area contributed by atoms with E-state index in [-0.39, 0.29) is 18.9 Å². The predicted molar refractivity (Wildman–Crippen MR) is 62.9 cm³/mol. The van der Waals surface area contributed by atoms with E-state index in [0.29, 0.717) is 5.56 Å². The van der Waals surface area contributed by atoms with Crippen LogP contribution in [0.2, 0.25) is 0 Å². The van der Waals surface area contributed by atoms with Crippen molar-refractivity contribution in [3.05, 3.63) is 35.4 Å². The molecule has 0 unspecified atom stereocenters. The number of carbonyl (C=O) groups is 4. The van der Waals surface area contributed by atoms with Crippen LogP contribution in [-0.4, -0.2) is 34.4 Å². The smallest absolute Gasteiger partial charge is 0.257 e. The second-order valence-electron chi connectivity index (χ2n) is 4.55. The summed E-state index contributed by atoms with van der Waals surface area (Å²) in [6.45, 7) is 0.215. The number of rotatable bonds is 1. The molecule has 0 bridgehead atoms. The van der Waals surface area contributed by atoms with E-state index in [2.05, 4.69) is 5.32 Å². The van der Waals surface area contributed by atoms with E-state index in [1.54, 1.807) is 24.3 Å². The van der Waals surface area contributed by atoms with Gasteiger partial charge in [0.1, 0.15) is 0 Å². The van der Waals surface area contributed by atoms with Crippen molar-refractivity contribution in [2.24, 2.45) is 0 Å². The van der Waals surface area contributed by atoms with Crippen molar-refractivity contribution >= 4 is 23.5 Å². The molecule has 19 heavy (non-hydrogen) atoms. The average molecular weight is 258 g/mol. The number of Topliss-reactive ketones (excluding diaryl/α,β-unsaturated/α-hetero) is 1. The van der Waals surface area contributed by atoms with Crippen LogP contribution in [0.3, 0.4) is 0 Å². The number of hydrogen-bond donors (Lipinski definition) is 1. The lowest BCUT2D eigenvalue weighted by molar-refractivity contribution is -0.144. The molecular weight excluding hydrogens is 248 g/mol. The van der Waals surface area contributed by atoms with E-state index in [1.165, 1.54) is 4.90 Å². The van der Waals surface area contributed by atoms with Gasteiger partial charge in [-0.05, 0) is 11.6 Å². The minimum absolute atomic E-state index is 0.215. The van der Waals surface area contributed by atoms with Crippen molar-refractivity contribution in [1.82, 2.24) is 10.2 Å². The number of imide groups is 1. The minimum atomic E-state index is -1.20. The second kappa shape index (κ2) is 4.01. The summed E-state index contributed by atoms with van der Waals surface area (Å²) < 4.78 is 0. The Morgan fingerprint density at radius 3 is 2.53 bits per heavy atom. The summed E-state index contributed by atoms with van der Waals surface area (Å²) in [5.41, 5.74) is 1.28. The molecule has 0 spiro atoms. The van der Waals surface area contributed by atoms with E-state index in [4.69, 9.17) is 0 Å². The molecular formula is C13H10N2O4. The Kier molecular flexibility index (Phi) is 2.45. The largest absolute Gasteiger partial charge is 0.316 e. The summed E-state index contributed by atoms with van der Waals surface area (Å²) in [6, 6.07) is 5.77. The number of fused-ring (bicyclic) bond motifs is 1. The van der Waals surface area contributed by atoms with Gasteiger partial charge in [0, 0.05) is 12.1 Å². The lowest BCUT2D eigenvalue weighted by atomic mass is 10.0. The molecule has 0 saturated carbocycles. The van der Waals surface area contributed by atoms with Crippen LogP contribution in [0.15, 0.2) is 24.3 Å². The van der Waals surface area contributed by atoms with Crippen molar-refractivity contribution in [2.45, 2.75) is 19.0 Å². The molecule has 1 atom stereocenters. The Morgan fingerprint density at radius 1 is 1.11 bits per heavy atom. The van der Waals surface area contributed by atoms with Crippen LogP contribution in [0, 0.1) is 0 Å². The summed E-state index contributed by atoms with van der Waals surface area (Å²) in [5.74, 6) is -2.22. The first-order valence-electron chi connectivity index (χ1n) is 5.83. The second-order valence-corrected chi connectivity index (χ2v) is 4.55. The van der Waals surface area contributed by atoms with Crippen molar-refractivity contribution in [3.8, 4) is 0 Å². The Labute approximate surface area is 108 Å². The molecule has 2 heterocycles. The first-order chi connectivity index (χ1) is 9.08. The number of hydrogen-bond acceptors (Lipinski definition) is 4. The molecule has 1 fully saturated rings. The molecule has 0 aromatic heterocycles. The topological polar surface area (TPSA) is 83.6 Å². The molecule has 1 saturated heterocycles. The maximum Gasteiger partial charge on any atom is 0.257 e. The molecule has 6 heteroatoms. The van der Waals surface area contributed by atoms with Gasteiger partial charge < -0.3 is 4.90 Å². The quantitative estimate of drug-likeness (QED) is 0.550. The molecule has 6 nitrogen and oxygen atoms in total. The van der Waals surface area contributed by atoms with Gasteiger partial charge in [-0.25, -0.2) is 0 Å². The first kappa shape index (κ1) is 11.6. The molecule has 1 aromatic rings. The Hall–Kier alpha value is -2.50. The molecule has 0 radical (unpaired) electrons. The number of carbonyl (C=O) groups excluding carboxylic acids is 4. The van der Waals surface area contributed by atoms with Crippen molar-refractivity contribution in [2.75, 3.05) is 0 Å². The highest BCUT2D eigenvalue weighted by Crippen LogP contribution is 2.25. The molecule has 2 aliphatic rings. The van der Waals surface area contributed by atoms with Crippen LogP contribution >= 0.6 is 0 Å². The van der Waals surface area contributed by atoms with Gasteiger partial charge in [0.2, 0.25) is 5.91 Å². The van der Waals surface area contributed by atoms with Gasteiger partial charge in [0.05, 0.1) is 6.42 Å². The van der Waals surface area contributed by atoms with Crippen molar-refractivity contribution in [1.29, 1.82) is 0 Å². The highest BCUT2D eigenvalue weighted by molar-refractivity contribution is 6.22. The zero-order valence-corrected chi connectivity index (χ0v) is 9.88. The van der Waals surface area contributed by atoms with Crippen LogP contribution < -0.4 is 5.32 Å². The normalized spacial score (nSPS) is 22.5. The van der Waals surface area contributed by atoms with E-state index in [0.717, 1.165) is 5.56 Å². The Balaban J connectivity index is 1.93. The monoisotopic (exact) mass is 258 g/mol. The molecule has 1 N–H and O–H groups in total. The van der Waals surface area contributed by atoms with E-state index in [1.807, 2.05) is 0 Å². The molecule has 2 aliphatic heterocycles.